The zero-order chi connectivity index (χ0) is 15.4. The van der Waals surface area contributed by atoms with Crippen molar-refractivity contribution in [3.63, 3.8) is 0 Å². The summed E-state index contributed by atoms with van der Waals surface area (Å²) in [5, 5.41) is 0.425. The smallest absolute Gasteiger partial charge is 0.293 e. The number of hydrogen-bond donors (Lipinski definition) is 0. The van der Waals surface area contributed by atoms with Crippen LogP contribution in [0.2, 0.25) is 0 Å². The Balaban J connectivity index is 2.09. The standard InChI is InChI=1S/C15H19N3O2S/c1-10(2)18(13-7-5-6-11(3)8-13)14(19)9-20-15-16-12(4)17-21-15/h5-8,10H,9H2,1-4H3. The third-order valence-electron chi connectivity index (χ3n) is 2.89. The molecule has 0 aliphatic heterocycles. The monoisotopic (exact) mass is 305 g/mol. The van der Waals surface area contributed by atoms with Crippen molar-refractivity contribution in [3.05, 3.63) is 35.7 Å². The van der Waals surface area contributed by atoms with Gasteiger partial charge in [-0.3, -0.25) is 4.79 Å². The Morgan fingerprint density at radius 3 is 2.71 bits per heavy atom. The van der Waals surface area contributed by atoms with Gasteiger partial charge >= 0.3 is 0 Å². The lowest BCUT2D eigenvalue weighted by Gasteiger charge is -2.27. The first-order chi connectivity index (χ1) is 9.97. The minimum atomic E-state index is -0.0940. The lowest BCUT2D eigenvalue weighted by atomic mass is 10.2. The van der Waals surface area contributed by atoms with Crippen molar-refractivity contribution in [2.75, 3.05) is 11.5 Å². The van der Waals surface area contributed by atoms with E-state index in [1.54, 1.807) is 11.8 Å². The lowest BCUT2D eigenvalue weighted by molar-refractivity contribution is -0.120. The van der Waals surface area contributed by atoms with Gasteiger partial charge in [0.1, 0.15) is 5.82 Å². The number of rotatable bonds is 5. The van der Waals surface area contributed by atoms with Crippen molar-refractivity contribution in [1.82, 2.24) is 9.36 Å². The molecule has 0 unspecified atom stereocenters. The Kier molecular flexibility index (Phi) is 4.90. The number of benzene rings is 1. The fourth-order valence-electron chi connectivity index (χ4n) is 2.04. The molecule has 112 valence electrons. The molecule has 1 aromatic carbocycles. The highest BCUT2D eigenvalue weighted by Crippen LogP contribution is 2.20. The number of carbonyl (C=O) groups is 1. The SMILES string of the molecule is Cc1cccc(N(C(=O)COc2nc(C)ns2)C(C)C)c1. The summed E-state index contributed by atoms with van der Waals surface area (Å²) in [5.74, 6) is 0.560. The van der Waals surface area contributed by atoms with Crippen LogP contribution in [0.3, 0.4) is 0 Å². The molecule has 0 aliphatic carbocycles. The van der Waals surface area contributed by atoms with Crippen LogP contribution in [0.25, 0.3) is 0 Å². The number of aryl methyl sites for hydroxylation is 2. The highest BCUT2D eigenvalue weighted by Gasteiger charge is 2.20. The molecule has 2 aromatic rings. The van der Waals surface area contributed by atoms with Gasteiger partial charge in [-0.1, -0.05) is 12.1 Å². The number of carbonyl (C=O) groups excluding carboxylic acids is 1. The lowest BCUT2D eigenvalue weighted by Crippen LogP contribution is -2.40. The Morgan fingerprint density at radius 1 is 1.38 bits per heavy atom. The molecule has 5 nitrogen and oxygen atoms in total. The van der Waals surface area contributed by atoms with Crippen molar-refractivity contribution < 1.29 is 9.53 Å². The molecule has 0 saturated heterocycles. The molecule has 6 heteroatoms. The number of amides is 1. The molecular weight excluding hydrogens is 286 g/mol. The van der Waals surface area contributed by atoms with Gasteiger partial charge in [-0.25, -0.2) is 0 Å². The van der Waals surface area contributed by atoms with E-state index in [1.807, 2.05) is 45.0 Å². The topological polar surface area (TPSA) is 55.3 Å². The molecule has 21 heavy (non-hydrogen) atoms. The van der Waals surface area contributed by atoms with Crippen molar-refractivity contribution in [2.45, 2.75) is 33.7 Å². The molecule has 0 aliphatic rings. The Morgan fingerprint density at radius 2 is 2.14 bits per heavy atom. The second kappa shape index (κ2) is 6.67. The number of aromatic nitrogens is 2. The average Bonchev–Trinajstić information content (AvgIpc) is 2.82. The first-order valence-corrected chi connectivity index (χ1v) is 7.56. The molecule has 0 N–H and O–H groups in total. The van der Waals surface area contributed by atoms with E-state index < -0.39 is 0 Å². The van der Waals surface area contributed by atoms with E-state index in [2.05, 4.69) is 9.36 Å². The molecule has 0 spiro atoms. The zero-order valence-electron chi connectivity index (χ0n) is 12.7. The summed E-state index contributed by atoms with van der Waals surface area (Å²) in [5.41, 5.74) is 2.00. The van der Waals surface area contributed by atoms with Crippen molar-refractivity contribution in [2.24, 2.45) is 0 Å². The normalized spacial score (nSPS) is 10.7. The highest BCUT2D eigenvalue weighted by molar-refractivity contribution is 7.07. The van der Waals surface area contributed by atoms with E-state index in [-0.39, 0.29) is 18.6 Å². The van der Waals surface area contributed by atoms with Crippen LogP contribution < -0.4 is 9.64 Å². The van der Waals surface area contributed by atoms with E-state index in [4.69, 9.17) is 4.74 Å². The molecule has 0 saturated carbocycles. The van der Waals surface area contributed by atoms with Crippen LogP contribution in [0.1, 0.15) is 25.2 Å². The van der Waals surface area contributed by atoms with E-state index in [1.165, 1.54) is 0 Å². The minimum absolute atomic E-state index is 0.0409. The average molecular weight is 305 g/mol. The Labute approximate surface area is 128 Å². The number of ether oxygens (including phenoxy) is 1. The van der Waals surface area contributed by atoms with Gasteiger partial charge in [-0.15, -0.1) is 0 Å². The molecule has 0 atom stereocenters. The van der Waals surface area contributed by atoms with Crippen LogP contribution in [0, 0.1) is 13.8 Å². The van der Waals surface area contributed by atoms with Crippen molar-refractivity contribution in [1.29, 1.82) is 0 Å². The summed E-state index contributed by atoms with van der Waals surface area (Å²) in [6.07, 6.45) is 0. The molecule has 1 heterocycles. The molecule has 1 amide bonds. The molecule has 1 aromatic heterocycles. The highest BCUT2D eigenvalue weighted by atomic mass is 32.1. The van der Waals surface area contributed by atoms with Gasteiger partial charge < -0.3 is 9.64 Å². The third-order valence-corrected chi connectivity index (χ3v) is 3.61. The summed E-state index contributed by atoms with van der Waals surface area (Å²) >= 11 is 1.16. The Hall–Kier alpha value is -1.95. The quantitative estimate of drug-likeness (QED) is 0.852. The maximum Gasteiger partial charge on any atom is 0.293 e. The minimum Gasteiger partial charge on any atom is -0.459 e. The summed E-state index contributed by atoms with van der Waals surface area (Å²) in [6, 6.07) is 7.93. The largest absolute Gasteiger partial charge is 0.459 e. The first kappa shape index (κ1) is 15.4. The van der Waals surface area contributed by atoms with E-state index in [0.717, 1.165) is 22.8 Å². The van der Waals surface area contributed by atoms with Gasteiger partial charge in [0.2, 0.25) is 0 Å². The zero-order valence-corrected chi connectivity index (χ0v) is 13.5. The number of nitrogens with zero attached hydrogens (tertiary/aromatic N) is 3. The molecule has 0 radical (unpaired) electrons. The van der Waals surface area contributed by atoms with Crippen molar-refractivity contribution in [3.8, 4) is 5.19 Å². The Bertz CT molecular complexity index is 625. The van der Waals surface area contributed by atoms with Crippen molar-refractivity contribution >= 4 is 23.1 Å². The van der Waals surface area contributed by atoms with Crippen LogP contribution in [0.5, 0.6) is 5.19 Å². The van der Waals surface area contributed by atoms with Crippen LogP contribution in [0.15, 0.2) is 24.3 Å². The van der Waals surface area contributed by atoms with Crippen LogP contribution in [-0.4, -0.2) is 27.9 Å². The van der Waals surface area contributed by atoms with Crippen LogP contribution in [0.4, 0.5) is 5.69 Å². The number of hydrogen-bond acceptors (Lipinski definition) is 5. The van der Waals surface area contributed by atoms with E-state index in [9.17, 15) is 4.79 Å². The second-order valence-electron chi connectivity index (χ2n) is 5.09. The maximum atomic E-state index is 12.4. The number of anilines is 1. The van der Waals surface area contributed by atoms with Gasteiger partial charge in [0, 0.05) is 23.3 Å². The van der Waals surface area contributed by atoms with Gasteiger partial charge in [0.05, 0.1) is 0 Å². The predicted molar refractivity (Wildman–Crippen MR) is 83.9 cm³/mol. The van der Waals surface area contributed by atoms with Gasteiger partial charge in [-0.05, 0) is 45.4 Å². The summed E-state index contributed by atoms with van der Waals surface area (Å²) in [4.78, 5) is 18.3. The maximum absolute atomic E-state index is 12.4. The third kappa shape index (κ3) is 4.01. The summed E-state index contributed by atoms with van der Waals surface area (Å²) < 4.78 is 9.45. The van der Waals surface area contributed by atoms with E-state index in [0.29, 0.717) is 11.0 Å². The molecule has 0 fully saturated rings. The van der Waals surface area contributed by atoms with Crippen LogP contribution >= 0.6 is 11.5 Å². The van der Waals surface area contributed by atoms with Gasteiger partial charge in [-0.2, -0.15) is 9.36 Å². The fourth-order valence-corrected chi connectivity index (χ4v) is 2.57. The van der Waals surface area contributed by atoms with Gasteiger partial charge in [0.15, 0.2) is 6.61 Å². The fraction of sp³-hybridized carbons (Fsp3) is 0.400. The molecule has 2 rings (SSSR count). The molecule has 0 bridgehead atoms. The van der Waals surface area contributed by atoms with Crippen LogP contribution in [-0.2, 0) is 4.79 Å². The first-order valence-electron chi connectivity index (χ1n) is 6.79. The summed E-state index contributed by atoms with van der Waals surface area (Å²) in [7, 11) is 0. The van der Waals surface area contributed by atoms with Gasteiger partial charge in [0.25, 0.3) is 11.1 Å². The molecular formula is C15H19N3O2S. The predicted octanol–water partition coefficient (Wildman–Crippen LogP) is 2.98. The summed E-state index contributed by atoms with van der Waals surface area (Å²) in [6.45, 7) is 7.72. The van der Waals surface area contributed by atoms with E-state index >= 15 is 0 Å². The second-order valence-corrected chi connectivity index (χ2v) is 5.81.